The summed E-state index contributed by atoms with van der Waals surface area (Å²) in [5.74, 6) is 0.0256. The molecular formula is C21H22O4. The van der Waals surface area contributed by atoms with Crippen LogP contribution in [0.15, 0.2) is 60.4 Å². The first-order chi connectivity index (χ1) is 12.1. The van der Waals surface area contributed by atoms with Gasteiger partial charge in [-0.1, -0.05) is 55.8 Å². The topological polar surface area (TPSA) is 52.6 Å². The average Bonchev–Trinajstić information content (AvgIpc) is 2.66. The van der Waals surface area contributed by atoms with Gasteiger partial charge in [0.1, 0.15) is 5.75 Å². The molecule has 0 aliphatic heterocycles. The minimum absolute atomic E-state index is 0.0254. The Kier molecular flexibility index (Phi) is 6.96. The summed E-state index contributed by atoms with van der Waals surface area (Å²) in [6.45, 7) is 2.00. The number of allylic oxidation sites excluding steroid dienone is 1. The minimum Gasteiger partial charge on any atom is -0.497 e. The van der Waals surface area contributed by atoms with Gasteiger partial charge in [-0.25, -0.2) is 0 Å². The second kappa shape index (κ2) is 9.42. The molecule has 2 aromatic carbocycles. The summed E-state index contributed by atoms with van der Waals surface area (Å²) < 4.78 is 10.5. The van der Waals surface area contributed by atoms with E-state index < -0.39 is 5.97 Å². The maximum atomic E-state index is 12.7. The van der Waals surface area contributed by atoms with Crippen molar-refractivity contribution in [1.29, 1.82) is 0 Å². The molecule has 0 saturated carbocycles. The second-order valence-corrected chi connectivity index (χ2v) is 5.55. The highest BCUT2D eigenvalue weighted by Gasteiger charge is 2.17. The molecule has 0 aliphatic rings. The van der Waals surface area contributed by atoms with Crippen LogP contribution in [0.4, 0.5) is 0 Å². The van der Waals surface area contributed by atoms with Crippen molar-refractivity contribution in [3.05, 3.63) is 71.5 Å². The molecule has 0 saturated heterocycles. The van der Waals surface area contributed by atoms with Gasteiger partial charge in [-0.15, -0.1) is 0 Å². The predicted molar refractivity (Wildman–Crippen MR) is 97.4 cm³/mol. The van der Waals surface area contributed by atoms with Gasteiger partial charge < -0.3 is 9.47 Å². The van der Waals surface area contributed by atoms with Crippen LogP contribution in [0, 0.1) is 0 Å². The third-order valence-corrected chi connectivity index (χ3v) is 3.63. The highest BCUT2D eigenvalue weighted by molar-refractivity contribution is 6.10. The number of benzene rings is 2. The molecule has 0 N–H and O–H groups in total. The number of methoxy groups -OCH3 is 1. The fraction of sp³-hybridized carbons (Fsp3) is 0.238. The molecule has 0 atom stereocenters. The Balaban J connectivity index is 2.28. The Labute approximate surface area is 148 Å². The Morgan fingerprint density at radius 1 is 1.00 bits per heavy atom. The lowest BCUT2D eigenvalue weighted by Gasteiger charge is -2.09. The smallest absolute Gasteiger partial charge is 0.311 e. The standard InChI is InChI=1S/C21H22O4/c1-3-4-10-20(22)25-19(21(23)17-8-6-5-7-9-17)15-16-11-13-18(24-2)14-12-16/h5-9,11-15H,3-4,10H2,1-2H3/b19-15+. The number of esters is 1. The van der Waals surface area contributed by atoms with Gasteiger partial charge in [0.05, 0.1) is 7.11 Å². The number of carbonyl (C=O) groups excluding carboxylic acids is 2. The zero-order valence-electron chi connectivity index (χ0n) is 14.5. The molecule has 2 rings (SSSR count). The van der Waals surface area contributed by atoms with Crippen molar-refractivity contribution >= 4 is 17.8 Å². The maximum Gasteiger partial charge on any atom is 0.311 e. The number of ether oxygens (including phenoxy) is 2. The van der Waals surface area contributed by atoms with Crippen LogP contribution < -0.4 is 4.74 Å². The molecule has 0 heterocycles. The number of rotatable bonds is 8. The van der Waals surface area contributed by atoms with Crippen molar-refractivity contribution in [3.63, 3.8) is 0 Å². The minimum atomic E-state index is -0.397. The van der Waals surface area contributed by atoms with Crippen molar-refractivity contribution < 1.29 is 19.1 Å². The lowest BCUT2D eigenvalue weighted by Crippen LogP contribution is -2.12. The van der Waals surface area contributed by atoms with Crippen LogP contribution in [0.3, 0.4) is 0 Å². The number of hydrogen-bond donors (Lipinski definition) is 0. The van der Waals surface area contributed by atoms with E-state index in [0.717, 1.165) is 18.4 Å². The van der Waals surface area contributed by atoms with E-state index in [1.807, 2.05) is 13.0 Å². The first kappa shape index (κ1) is 18.5. The monoisotopic (exact) mass is 338 g/mol. The van der Waals surface area contributed by atoms with Crippen molar-refractivity contribution in [1.82, 2.24) is 0 Å². The quantitative estimate of drug-likeness (QED) is 0.304. The van der Waals surface area contributed by atoms with Crippen LogP contribution in [0.25, 0.3) is 6.08 Å². The molecule has 0 fully saturated rings. The molecule has 4 heteroatoms. The third kappa shape index (κ3) is 5.60. The molecule has 0 aliphatic carbocycles. The predicted octanol–water partition coefficient (Wildman–Crippen LogP) is 4.65. The molecular weight excluding hydrogens is 316 g/mol. The Morgan fingerprint density at radius 2 is 1.68 bits per heavy atom. The summed E-state index contributed by atoms with van der Waals surface area (Å²) in [5, 5.41) is 0. The summed E-state index contributed by atoms with van der Waals surface area (Å²) in [5.41, 5.74) is 1.23. The third-order valence-electron chi connectivity index (χ3n) is 3.63. The van der Waals surface area contributed by atoms with E-state index >= 15 is 0 Å². The van der Waals surface area contributed by atoms with Crippen molar-refractivity contribution in [2.75, 3.05) is 7.11 Å². The molecule has 2 aromatic rings. The molecule has 0 aromatic heterocycles. The average molecular weight is 338 g/mol. The second-order valence-electron chi connectivity index (χ2n) is 5.55. The number of unbranched alkanes of at least 4 members (excludes halogenated alkanes) is 1. The van der Waals surface area contributed by atoms with Crippen LogP contribution in [-0.4, -0.2) is 18.9 Å². The van der Waals surface area contributed by atoms with Gasteiger partial charge in [0, 0.05) is 12.0 Å². The van der Waals surface area contributed by atoms with Gasteiger partial charge in [0.2, 0.25) is 5.78 Å². The molecule has 25 heavy (non-hydrogen) atoms. The van der Waals surface area contributed by atoms with Crippen LogP contribution >= 0.6 is 0 Å². The first-order valence-corrected chi connectivity index (χ1v) is 8.30. The van der Waals surface area contributed by atoms with Crippen LogP contribution in [0.1, 0.15) is 42.1 Å². The van der Waals surface area contributed by atoms with Crippen molar-refractivity contribution in [2.24, 2.45) is 0 Å². The highest BCUT2D eigenvalue weighted by atomic mass is 16.5. The molecule has 0 unspecified atom stereocenters. The van der Waals surface area contributed by atoms with Crippen LogP contribution in [0.5, 0.6) is 5.75 Å². The van der Waals surface area contributed by atoms with Gasteiger partial charge in [0.25, 0.3) is 0 Å². The van der Waals surface area contributed by atoms with Crippen molar-refractivity contribution in [3.8, 4) is 5.75 Å². The van der Waals surface area contributed by atoms with E-state index in [1.54, 1.807) is 61.7 Å². The van der Waals surface area contributed by atoms with Crippen LogP contribution in [-0.2, 0) is 9.53 Å². The SMILES string of the molecule is CCCCC(=O)O/C(=C/c1ccc(OC)cc1)C(=O)c1ccccc1. The largest absolute Gasteiger partial charge is 0.497 e. The molecule has 4 nitrogen and oxygen atoms in total. The van der Waals surface area contributed by atoms with Gasteiger partial charge in [-0.3, -0.25) is 9.59 Å². The first-order valence-electron chi connectivity index (χ1n) is 8.30. The van der Waals surface area contributed by atoms with E-state index in [0.29, 0.717) is 17.7 Å². The van der Waals surface area contributed by atoms with Gasteiger partial charge in [0.15, 0.2) is 5.76 Å². The normalized spacial score (nSPS) is 11.0. The van der Waals surface area contributed by atoms with E-state index in [-0.39, 0.29) is 11.5 Å². The van der Waals surface area contributed by atoms with Gasteiger partial charge in [-0.2, -0.15) is 0 Å². The Hall–Kier alpha value is -2.88. The number of hydrogen-bond acceptors (Lipinski definition) is 4. The molecule has 0 radical (unpaired) electrons. The summed E-state index contributed by atoms with van der Waals surface area (Å²) in [6.07, 6.45) is 3.49. The number of ketones is 1. The fourth-order valence-corrected chi connectivity index (χ4v) is 2.22. The van der Waals surface area contributed by atoms with Gasteiger partial charge >= 0.3 is 5.97 Å². The van der Waals surface area contributed by atoms with Crippen molar-refractivity contribution in [2.45, 2.75) is 26.2 Å². The zero-order valence-corrected chi connectivity index (χ0v) is 14.5. The summed E-state index contributed by atoms with van der Waals surface area (Å²) in [6, 6.07) is 16.0. The maximum absolute atomic E-state index is 12.7. The lowest BCUT2D eigenvalue weighted by atomic mass is 10.1. The number of Topliss-reactive ketones (excluding diaryl/α,β-unsaturated/α-hetero) is 1. The highest BCUT2D eigenvalue weighted by Crippen LogP contribution is 2.18. The van der Waals surface area contributed by atoms with Crippen LogP contribution in [0.2, 0.25) is 0 Å². The van der Waals surface area contributed by atoms with E-state index in [2.05, 4.69) is 0 Å². The lowest BCUT2D eigenvalue weighted by molar-refractivity contribution is -0.139. The Morgan fingerprint density at radius 3 is 2.28 bits per heavy atom. The summed E-state index contributed by atoms with van der Waals surface area (Å²) >= 11 is 0. The van der Waals surface area contributed by atoms with E-state index in [1.165, 1.54) is 0 Å². The van der Waals surface area contributed by atoms with Gasteiger partial charge in [-0.05, 0) is 30.2 Å². The van der Waals surface area contributed by atoms with E-state index in [4.69, 9.17) is 9.47 Å². The molecule has 130 valence electrons. The fourth-order valence-electron chi connectivity index (χ4n) is 2.22. The molecule has 0 bridgehead atoms. The molecule has 0 amide bonds. The summed E-state index contributed by atoms with van der Waals surface area (Å²) in [7, 11) is 1.59. The summed E-state index contributed by atoms with van der Waals surface area (Å²) in [4.78, 5) is 24.7. The molecule has 0 spiro atoms. The number of carbonyl (C=O) groups is 2. The zero-order chi connectivity index (χ0) is 18.1. The van der Waals surface area contributed by atoms with E-state index in [9.17, 15) is 9.59 Å². The Bertz CT molecular complexity index is 730.